The van der Waals surface area contributed by atoms with E-state index < -0.39 is 0 Å². The Bertz CT molecular complexity index is 384. The summed E-state index contributed by atoms with van der Waals surface area (Å²) in [4.78, 5) is 1.64. The van der Waals surface area contributed by atoms with Gasteiger partial charge in [-0.15, -0.1) is 11.3 Å². The lowest BCUT2D eigenvalue weighted by Gasteiger charge is -2.31. The Labute approximate surface area is 115 Å². The van der Waals surface area contributed by atoms with Crippen molar-refractivity contribution in [2.75, 3.05) is 0 Å². The third-order valence-corrected chi connectivity index (χ3v) is 5.83. The Morgan fingerprint density at radius 3 is 2.94 bits per heavy atom. The number of rotatable bonds is 2. The van der Waals surface area contributed by atoms with Crippen LogP contribution in [-0.4, -0.2) is 6.04 Å². The van der Waals surface area contributed by atoms with Crippen molar-refractivity contribution in [3.05, 3.63) is 21.9 Å². The van der Waals surface area contributed by atoms with Gasteiger partial charge in [0.15, 0.2) is 0 Å². The minimum Gasteiger partial charge on any atom is -0.307 e. The summed E-state index contributed by atoms with van der Waals surface area (Å²) in [5.41, 5.74) is 1.61. The Hall–Kier alpha value is -0.340. The van der Waals surface area contributed by atoms with Gasteiger partial charge in [-0.1, -0.05) is 26.2 Å². The van der Waals surface area contributed by atoms with Crippen molar-refractivity contribution < 1.29 is 0 Å². The van der Waals surface area contributed by atoms with Gasteiger partial charge in [-0.2, -0.15) is 0 Å². The number of nitrogens with one attached hydrogen (secondary N) is 1. The van der Waals surface area contributed by atoms with Crippen LogP contribution in [0.25, 0.3) is 0 Å². The van der Waals surface area contributed by atoms with E-state index in [1.165, 1.54) is 51.4 Å². The second kappa shape index (κ2) is 5.75. The van der Waals surface area contributed by atoms with E-state index in [2.05, 4.69) is 23.7 Å². The Morgan fingerprint density at radius 1 is 1.11 bits per heavy atom. The smallest absolute Gasteiger partial charge is 0.0333 e. The molecule has 3 rings (SSSR count). The zero-order valence-electron chi connectivity index (χ0n) is 11.5. The highest BCUT2D eigenvalue weighted by Gasteiger charge is 2.26. The van der Waals surface area contributed by atoms with Crippen molar-refractivity contribution in [1.82, 2.24) is 5.32 Å². The van der Waals surface area contributed by atoms with Gasteiger partial charge < -0.3 is 5.32 Å². The Morgan fingerprint density at radius 2 is 2.00 bits per heavy atom. The summed E-state index contributed by atoms with van der Waals surface area (Å²) in [6.45, 7) is 2.44. The molecule has 1 fully saturated rings. The van der Waals surface area contributed by atoms with E-state index in [1.807, 2.05) is 11.3 Å². The van der Waals surface area contributed by atoms with Crippen molar-refractivity contribution in [2.45, 2.75) is 70.4 Å². The maximum Gasteiger partial charge on any atom is 0.0333 e. The second-order valence-electron chi connectivity index (χ2n) is 6.13. The van der Waals surface area contributed by atoms with Gasteiger partial charge in [0, 0.05) is 17.0 Å². The lowest BCUT2D eigenvalue weighted by Crippen LogP contribution is -2.38. The van der Waals surface area contributed by atoms with Gasteiger partial charge in [-0.25, -0.2) is 0 Å². The molecule has 2 aliphatic carbocycles. The summed E-state index contributed by atoms with van der Waals surface area (Å²) < 4.78 is 0. The molecular weight excluding hydrogens is 238 g/mol. The molecule has 1 aromatic rings. The first-order valence-corrected chi connectivity index (χ1v) is 8.55. The summed E-state index contributed by atoms with van der Waals surface area (Å²) in [6.07, 6.45) is 11.1. The molecular formula is C16H25NS. The minimum absolute atomic E-state index is 0.644. The van der Waals surface area contributed by atoms with E-state index in [0.29, 0.717) is 6.04 Å². The zero-order valence-corrected chi connectivity index (χ0v) is 12.3. The predicted octanol–water partition coefficient (Wildman–Crippen LogP) is 4.68. The van der Waals surface area contributed by atoms with Crippen molar-refractivity contribution in [3.63, 3.8) is 0 Å². The van der Waals surface area contributed by atoms with E-state index in [4.69, 9.17) is 0 Å². The van der Waals surface area contributed by atoms with Crippen LogP contribution in [0.3, 0.4) is 0 Å². The molecule has 0 aliphatic heterocycles. The molecule has 0 bridgehead atoms. The van der Waals surface area contributed by atoms with Gasteiger partial charge in [-0.3, -0.25) is 0 Å². The first kappa shape index (κ1) is 12.7. The zero-order chi connectivity index (χ0) is 12.4. The highest BCUT2D eigenvalue weighted by atomic mass is 32.1. The van der Waals surface area contributed by atoms with E-state index in [9.17, 15) is 0 Å². The van der Waals surface area contributed by atoms with Crippen molar-refractivity contribution in [3.8, 4) is 0 Å². The van der Waals surface area contributed by atoms with E-state index in [1.54, 1.807) is 10.4 Å². The molecule has 3 atom stereocenters. The molecule has 1 saturated carbocycles. The van der Waals surface area contributed by atoms with Crippen molar-refractivity contribution in [2.24, 2.45) is 5.92 Å². The van der Waals surface area contributed by atoms with Crippen LogP contribution >= 0.6 is 11.3 Å². The van der Waals surface area contributed by atoms with Crippen molar-refractivity contribution in [1.29, 1.82) is 0 Å². The van der Waals surface area contributed by atoms with Crippen LogP contribution in [0, 0.1) is 5.92 Å². The molecule has 0 aromatic carbocycles. The highest BCUT2D eigenvalue weighted by molar-refractivity contribution is 7.10. The first-order chi connectivity index (χ1) is 8.84. The van der Waals surface area contributed by atoms with Crippen LogP contribution in [0.5, 0.6) is 0 Å². The average molecular weight is 263 g/mol. The van der Waals surface area contributed by atoms with Crippen LogP contribution in [-0.2, 0) is 6.42 Å². The number of hydrogen-bond donors (Lipinski definition) is 1. The highest BCUT2D eigenvalue weighted by Crippen LogP contribution is 2.35. The summed E-state index contributed by atoms with van der Waals surface area (Å²) in [5.74, 6) is 0.858. The summed E-state index contributed by atoms with van der Waals surface area (Å²) >= 11 is 1.96. The third kappa shape index (κ3) is 2.65. The van der Waals surface area contributed by atoms with Gasteiger partial charge in [0.2, 0.25) is 0 Å². The molecule has 1 N–H and O–H groups in total. The predicted molar refractivity (Wildman–Crippen MR) is 79.2 cm³/mol. The van der Waals surface area contributed by atoms with Crippen molar-refractivity contribution >= 4 is 11.3 Å². The standard InChI is InChI=1S/C16H25NS/c1-12-6-3-2-4-7-14(12)17-15-8-5-9-16-13(15)10-11-18-16/h10-12,14-15,17H,2-9H2,1H3. The molecule has 18 heavy (non-hydrogen) atoms. The van der Waals surface area contributed by atoms with Crippen LogP contribution < -0.4 is 5.32 Å². The molecule has 0 spiro atoms. The molecule has 0 radical (unpaired) electrons. The molecule has 1 heterocycles. The third-order valence-electron chi connectivity index (χ3n) is 4.83. The minimum atomic E-state index is 0.644. The van der Waals surface area contributed by atoms with E-state index >= 15 is 0 Å². The van der Waals surface area contributed by atoms with Gasteiger partial charge in [0.25, 0.3) is 0 Å². The Kier molecular flexibility index (Phi) is 4.05. The molecule has 1 aromatic heterocycles. The molecule has 0 saturated heterocycles. The normalized spacial score (nSPS) is 32.8. The first-order valence-electron chi connectivity index (χ1n) is 7.67. The Balaban J connectivity index is 1.69. The molecule has 3 unspecified atom stereocenters. The fourth-order valence-electron chi connectivity index (χ4n) is 3.66. The van der Waals surface area contributed by atoms with Gasteiger partial charge in [0.1, 0.15) is 0 Å². The van der Waals surface area contributed by atoms with Crippen LogP contribution in [0.2, 0.25) is 0 Å². The van der Waals surface area contributed by atoms with E-state index in [0.717, 1.165) is 12.0 Å². The van der Waals surface area contributed by atoms with Gasteiger partial charge >= 0.3 is 0 Å². The monoisotopic (exact) mass is 263 g/mol. The largest absolute Gasteiger partial charge is 0.307 e. The lowest BCUT2D eigenvalue weighted by atomic mass is 9.90. The van der Waals surface area contributed by atoms with E-state index in [-0.39, 0.29) is 0 Å². The van der Waals surface area contributed by atoms with Crippen LogP contribution in [0.15, 0.2) is 11.4 Å². The molecule has 2 heteroatoms. The fourth-order valence-corrected chi connectivity index (χ4v) is 4.65. The average Bonchev–Trinajstić information content (AvgIpc) is 2.77. The number of hydrogen-bond acceptors (Lipinski definition) is 2. The summed E-state index contributed by atoms with van der Waals surface area (Å²) in [5, 5.41) is 6.28. The number of aryl methyl sites for hydroxylation is 1. The molecule has 0 amide bonds. The maximum atomic E-state index is 4.00. The number of thiophene rings is 1. The van der Waals surface area contributed by atoms with Gasteiger partial charge in [0.05, 0.1) is 0 Å². The molecule has 100 valence electrons. The van der Waals surface area contributed by atoms with Gasteiger partial charge in [-0.05, 0) is 55.0 Å². The fraction of sp³-hybridized carbons (Fsp3) is 0.750. The lowest BCUT2D eigenvalue weighted by molar-refractivity contribution is 0.306. The quantitative estimate of drug-likeness (QED) is 0.764. The van der Waals surface area contributed by atoms with Crippen LogP contribution in [0.1, 0.15) is 68.4 Å². The summed E-state index contributed by atoms with van der Waals surface area (Å²) in [7, 11) is 0. The SMILES string of the molecule is CC1CCCCCC1NC1CCCc2sccc21. The topological polar surface area (TPSA) is 12.0 Å². The second-order valence-corrected chi connectivity index (χ2v) is 7.13. The number of fused-ring (bicyclic) bond motifs is 1. The summed E-state index contributed by atoms with van der Waals surface area (Å²) in [6, 6.07) is 3.76. The van der Waals surface area contributed by atoms with Crippen LogP contribution in [0.4, 0.5) is 0 Å². The molecule has 1 nitrogen and oxygen atoms in total. The maximum absolute atomic E-state index is 4.00. The molecule has 2 aliphatic rings.